The summed E-state index contributed by atoms with van der Waals surface area (Å²) in [5.74, 6) is -3.37. The molecule has 6 rings (SSSR count). The second-order valence-electron chi connectivity index (χ2n) is 20.3. The number of carbonyl (C=O) groups is 6. The fourth-order valence-corrected chi connectivity index (χ4v) is 10.2. The van der Waals surface area contributed by atoms with Crippen molar-refractivity contribution in [1.29, 1.82) is 0 Å². The number of phenols is 1. The molecule has 2 heterocycles. The lowest BCUT2D eigenvalue weighted by atomic mass is 9.90. The van der Waals surface area contributed by atoms with Crippen molar-refractivity contribution in [3.8, 4) is 5.75 Å². The molecule has 4 aromatic carbocycles. The van der Waals surface area contributed by atoms with Crippen molar-refractivity contribution < 1.29 is 33.9 Å². The first-order valence-corrected chi connectivity index (χ1v) is 26.5. The molecular formula is C57H77N13O7. The third-order valence-corrected chi connectivity index (χ3v) is 14.3. The number of nitrogens with two attached hydrogens (primary N) is 5. The Balaban J connectivity index is 1.14. The quantitative estimate of drug-likeness (QED) is 0.0244. The number of primary amides is 1. The summed E-state index contributed by atoms with van der Waals surface area (Å²) in [6, 6.07) is 24.7. The zero-order valence-electron chi connectivity index (χ0n) is 44.3. The van der Waals surface area contributed by atoms with Crippen molar-refractivity contribution in [2.45, 2.75) is 121 Å². The fourth-order valence-electron chi connectivity index (χ4n) is 10.2. The van der Waals surface area contributed by atoms with Gasteiger partial charge in [-0.25, -0.2) is 4.99 Å². The summed E-state index contributed by atoms with van der Waals surface area (Å²) < 4.78 is 0. The van der Waals surface area contributed by atoms with Crippen molar-refractivity contribution in [1.82, 2.24) is 31.1 Å². The lowest BCUT2D eigenvalue weighted by molar-refractivity contribution is -0.138. The minimum Gasteiger partial charge on any atom is -0.508 e. The molecule has 0 aliphatic carbocycles. The molecule has 0 spiro atoms. The second kappa shape index (κ2) is 28.8. The van der Waals surface area contributed by atoms with E-state index in [0.29, 0.717) is 30.0 Å². The van der Waals surface area contributed by atoms with Gasteiger partial charge in [0.25, 0.3) is 0 Å². The van der Waals surface area contributed by atoms with E-state index in [0.717, 1.165) is 54.6 Å². The van der Waals surface area contributed by atoms with Crippen molar-refractivity contribution >= 4 is 47.4 Å². The van der Waals surface area contributed by atoms with Gasteiger partial charge < -0.3 is 64.8 Å². The van der Waals surface area contributed by atoms with Gasteiger partial charge in [0.2, 0.25) is 35.4 Å². The first kappa shape index (κ1) is 58.3. The van der Waals surface area contributed by atoms with E-state index in [1.54, 1.807) is 26.0 Å². The van der Waals surface area contributed by atoms with Gasteiger partial charge >= 0.3 is 0 Å². The number of likely N-dealkylation sites (tertiary alicyclic amines) is 1. The van der Waals surface area contributed by atoms with Crippen molar-refractivity contribution in [2.75, 3.05) is 32.7 Å². The monoisotopic (exact) mass is 1060 g/mol. The minimum absolute atomic E-state index is 0.0485. The number of aliphatic imine (C=N–C) groups is 2. The van der Waals surface area contributed by atoms with E-state index in [9.17, 15) is 33.9 Å². The summed E-state index contributed by atoms with van der Waals surface area (Å²) in [6.07, 6.45) is 4.50. The molecule has 5 atom stereocenters. The van der Waals surface area contributed by atoms with Crippen LogP contribution in [0, 0.1) is 19.8 Å². The molecule has 4 aromatic rings. The number of carbonyl (C=O) groups excluding carboxylic acids is 6. The van der Waals surface area contributed by atoms with E-state index >= 15 is 0 Å². The number of guanidine groups is 2. The molecule has 0 saturated carbocycles. The van der Waals surface area contributed by atoms with Crippen LogP contribution in [-0.2, 0) is 61.0 Å². The Hall–Kier alpha value is -8.00. The van der Waals surface area contributed by atoms with E-state index in [4.69, 9.17) is 28.7 Å². The number of nitrogens with one attached hydrogen (secondary N) is 4. The molecule has 0 radical (unpaired) electrons. The molecule has 77 heavy (non-hydrogen) atoms. The van der Waals surface area contributed by atoms with E-state index < -0.39 is 65.7 Å². The van der Waals surface area contributed by atoms with E-state index in [2.05, 4.69) is 60.4 Å². The van der Waals surface area contributed by atoms with Crippen LogP contribution in [0.25, 0.3) is 0 Å². The number of fused-ring (bicyclic) bond motifs is 1. The highest BCUT2D eigenvalue weighted by molar-refractivity contribution is 5.95. The van der Waals surface area contributed by atoms with Crippen molar-refractivity contribution in [2.24, 2.45) is 44.6 Å². The Kier molecular flexibility index (Phi) is 21.8. The number of aromatic hydroxyl groups is 1. The first-order chi connectivity index (χ1) is 36.9. The molecule has 20 nitrogen and oxygen atoms in total. The summed E-state index contributed by atoms with van der Waals surface area (Å²) in [7, 11) is 0. The lowest BCUT2D eigenvalue weighted by Crippen LogP contribution is -2.56. The average Bonchev–Trinajstić information content (AvgIpc) is 3.52. The first-order valence-electron chi connectivity index (χ1n) is 26.5. The van der Waals surface area contributed by atoms with Gasteiger partial charge in [-0.05, 0) is 135 Å². The van der Waals surface area contributed by atoms with Gasteiger partial charge in [-0.15, -0.1) is 0 Å². The van der Waals surface area contributed by atoms with Gasteiger partial charge in [-0.2, -0.15) is 0 Å². The zero-order chi connectivity index (χ0) is 55.4. The molecule has 0 bridgehead atoms. The van der Waals surface area contributed by atoms with Crippen LogP contribution < -0.4 is 49.9 Å². The summed E-state index contributed by atoms with van der Waals surface area (Å²) in [5, 5.41) is 21.6. The number of amides is 6. The van der Waals surface area contributed by atoms with Crippen LogP contribution in [0.15, 0.2) is 107 Å². The van der Waals surface area contributed by atoms with Crippen LogP contribution in [0.4, 0.5) is 0 Å². The maximum Gasteiger partial charge on any atom is 0.245 e. The highest BCUT2D eigenvalue weighted by Crippen LogP contribution is 2.25. The predicted octanol–water partition coefficient (Wildman–Crippen LogP) is 1.62. The van der Waals surface area contributed by atoms with Gasteiger partial charge in [-0.3, -0.25) is 33.8 Å². The molecule has 6 amide bonds. The van der Waals surface area contributed by atoms with Gasteiger partial charge in [0.15, 0.2) is 11.9 Å². The van der Waals surface area contributed by atoms with Crippen molar-refractivity contribution in [3.63, 3.8) is 0 Å². The topological polar surface area (TPSA) is 332 Å². The highest BCUT2D eigenvalue weighted by atomic mass is 16.3. The summed E-state index contributed by atoms with van der Waals surface area (Å²) >= 11 is 0. The van der Waals surface area contributed by atoms with Crippen LogP contribution in [0.2, 0.25) is 0 Å². The van der Waals surface area contributed by atoms with Crippen LogP contribution in [0.1, 0.15) is 83.9 Å². The molecule has 15 N–H and O–H groups in total. The second-order valence-corrected chi connectivity index (χ2v) is 20.3. The number of hydrogen-bond donors (Lipinski definition) is 10. The highest BCUT2D eigenvalue weighted by Gasteiger charge is 2.35. The number of rotatable bonds is 26. The molecule has 0 aromatic heterocycles. The van der Waals surface area contributed by atoms with Crippen molar-refractivity contribution in [3.05, 3.63) is 136 Å². The number of nitrogens with zero attached hydrogens (tertiary/aromatic N) is 4. The number of piperidine rings is 1. The van der Waals surface area contributed by atoms with Crippen LogP contribution in [0.3, 0.4) is 0 Å². The maximum absolute atomic E-state index is 14.6. The SMILES string of the molecule is Cc1cc(O)cc(C)c1C[C@H](N=C(N)N)C(=O)N[C@H](CCCN=C(N)N)C(=O)N[C@H]1Cc2ccccc2CN(CCC(=O)N[C@@H](CCCN2CCC(Cc3ccccc3)CC2)C(=O)N[C@@H](Cc2ccccc2)C(N)=O)C1=O. The average molecular weight is 1060 g/mol. The smallest absolute Gasteiger partial charge is 0.245 e. The third-order valence-electron chi connectivity index (χ3n) is 14.3. The Labute approximate surface area is 451 Å². The van der Waals surface area contributed by atoms with Gasteiger partial charge in [0.05, 0.1) is 0 Å². The Morgan fingerprint density at radius 1 is 0.688 bits per heavy atom. The molecule has 20 heteroatoms. The maximum atomic E-state index is 14.6. The van der Waals surface area contributed by atoms with Gasteiger partial charge in [-0.1, -0.05) is 84.9 Å². The molecule has 412 valence electrons. The summed E-state index contributed by atoms with van der Waals surface area (Å²) in [6.45, 7) is 6.35. The fraction of sp³-hybridized carbons (Fsp3) is 0.439. The summed E-state index contributed by atoms with van der Waals surface area (Å²) in [4.78, 5) is 96.0. The van der Waals surface area contributed by atoms with E-state index in [1.165, 1.54) is 10.5 Å². The van der Waals surface area contributed by atoms with Gasteiger partial charge in [0, 0.05) is 45.3 Å². The molecule has 2 aliphatic rings. The lowest BCUT2D eigenvalue weighted by Gasteiger charge is -2.32. The molecule has 1 fully saturated rings. The number of hydrogen-bond acceptors (Lipinski definition) is 10. The number of benzene rings is 4. The summed E-state index contributed by atoms with van der Waals surface area (Å²) in [5.41, 5.74) is 34.4. The Morgan fingerprint density at radius 3 is 1.92 bits per heavy atom. The standard InChI is InChI=1S/C57H77N13O7/c1-36-29-43(71)30-37(2)44(36)34-48(68-57(61)62)54(76)65-46(19-11-24-63-56(59)60)53(75)67-49-33-41-17-9-10-18-42(41)35-70(55(49)77)28-23-50(72)64-45(52(74)66-47(51(58)73)32-39-15-7-4-8-16-39)20-12-25-69-26-21-40(22-27-69)31-38-13-5-3-6-14-38/h3-10,13-18,29-30,40,45-49,71H,11-12,19-28,31-35H2,1-2H3,(H2,58,73)(H,64,72)(H,65,76)(H,66,74)(H,67,75)(H4,59,60,63)(H4,61,62,68)/t45-,46+,47-,48-,49-/m0/s1. The third kappa shape index (κ3) is 18.4. The van der Waals surface area contributed by atoms with Crippen LogP contribution >= 0.6 is 0 Å². The normalized spacial score (nSPS) is 16.3. The van der Waals surface area contributed by atoms with Crippen LogP contribution in [0.5, 0.6) is 5.75 Å². The molecule has 0 unspecified atom stereocenters. The zero-order valence-corrected chi connectivity index (χ0v) is 44.3. The molecular weight excluding hydrogens is 979 g/mol. The minimum atomic E-state index is -1.20. The Morgan fingerprint density at radius 2 is 1.29 bits per heavy atom. The van der Waals surface area contributed by atoms with E-state index in [1.807, 2.05) is 60.7 Å². The van der Waals surface area contributed by atoms with E-state index in [-0.39, 0.29) is 82.2 Å². The number of aryl methyl sites for hydroxylation is 2. The number of phenolic OH excluding ortho intramolecular Hbond substituents is 1. The largest absolute Gasteiger partial charge is 0.508 e. The Bertz CT molecular complexity index is 2680. The van der Waals surface area contributed by atoms with Gasteiger partial charge in [0.1, 0.15) is 36.0 Å². The van der Waals surface area contributed by atoms with Crippen LogP contribution in [-0.4, -0.2) is 125 Å². The molecule has 1 saturated heterocycles. The molecule has 2 aliphatic heterocycles. The predicted molar refractivity (Wildman–Crippen MR) is 297 cm³/mol.